The van der Waals surface area contributed by atoms with Crippen LogP contribution in [0.15, 0.2) is 24.5 Å². The molecule has 142 valence electrons. The van der Waals surface area contributed by atoms with Gasteiger partial charge in [-0.05, 0) is 50.3 Å². The van der Waals surface area contributed by atoms with Gasteiger partial charge in [-0.1, -0.05) is 0 Å². The lowest BCUT2D eigenvalue weighted by atomic mass is 9.95. The Morgan fingerprint density at radius 3 is 2.67 bits per heavy atom. The van der Waals surface area contributed by atoms with Crippen molar-refractivity contribution < 1.29 is 19.1 Å². The van der Waals surface area contributed by atoms with Crippen LogP contribution in [-0.4, -0.2) is 46.6 Å². The van der Waals surface area contributed by atoms with Crippen LogP contribution in [-0.2, 0) is 22.4 Å². The Labute approximate surface area is 160 Å². The number of carbonyl (C=O) groups excluding carboxylic acids is 3. The number of ether oxygens (including phenoxy) is 1. The van der Waals surface area contributed by atoms with Gasteiger partial charge in [-0.3, -0.25) is 9.69 Å². The molecular formula is C19H21N3O4S. The molecule has 1 aliphatic carbocycles. The van der Waals surface area contributed by atoms with E-state index in [1.165, 1.54) is 11.8 Å². The van der Waals surface area contributed by atoms with E-state index in [2.05, 4.69) is 5.32 Å². The number of aryl methyl sites for hydroxylation is 1. The van der Waals surface area contributed by atoms with Gasteiger partial charge in [-0.15, -0.1) is 11.3 Å². The van der Waals surface area contributed by atoms with Crippen molar-refractivity contribution in [1.82, 2.24) is 14.8 Å². The molecule has 1 fully saturated rings. The smallest absolute Gasteiger partial charge is 0.342 e. The van der Waals surface area contributed by atoms with Crippen LogP contribution in [0.4, 0.5) is 4.79 Å². The summed E-state index contributed by atoms with van der Waals surface area (Å²) in [6, 6.07) is 3.38. The Balaban J connectivity index is 1.60. The Kier molecular flexibility index (Phi) is 4.73. The third kappa shape index (κ3) is 3.25. The fraction of sp³-hybridized carbons (Fsp3) is 0.421. The molecule has 0 spiro atoms. The number of esters is 1. The second kappa shape index (κ2) is 7.19. The lowest BCUT2D eigenvalue weighted by molar-refractivity contribution is -0.136. The quantitative estimate of drug-likeness (QED) is 0.818. The lowest BCUT2D eigenvalue weighted by Gasteiger charge is -2.19. The molecule has 4 rings (SSSR count). The molecule has 0 saturated carbocycles. The van der Waals surface area contributed by atoms with E-state index in [9.17, 15) is 14.4 Å². The number of fused-ring (bicyclic) bond motifs is 1. The van der Waals surface area contributed by atoms with Gasteiger partial charge in [0.15, 0.2) is 6.10 Å². The molecule has 3 heterocycles. The van der Waals surface area contributed by atoms with Gasteiger partial charge in [-0.25, -0.2) is 9.59 Å². The SMILES string of the molecule is C[C@H](OC(=O)c1c(-n2cccc2)sc2c1CCCC2)C(=O)N1CCNC1=O. The predicted molar refractivity (Wildman–Crippen MR) is 100 cm³/mol. The molecule has 3 amide bonds. The molecule has 0 bridgehead atoms. The molecule has 1 atom stereocenters. The van der Waals surface area contributed by atoms with E-state index in [0.717, 1.165) is 41.1 Å². The van der Waals surface area contributed by atoms with Crippen molar-refractivity contribution >= 4 is 29.2 Å². The van der Waals surface area contributed by atoms with Crippen LogP contribution >= 0.6 is 11.3 Å². The zero-order chi connectivity index (χ0) is 19.0. The lowest BCUT2D eigenvalue weighted by Crippen LogP contribution is -2.41. The van der Waals surface area contributed by atoms with E-state index in [-0.39, 0.29) is 0 Å². The number of urea groups is 1. The van der Waals surface area contributed by atoms with Crippen molar-refractivity contribution in [3.8, 4) is 5.00 Å². The first-order valence-electron chi connectivity index (χ1n) is 9.14. The molecular weight excluding hydrogens is 366 g/mol. The second-order valence-corrected chi connectivity index (χ2v) is 7.83. The fourth-order valence-corrected chi connectivity index (χ4v) is 4.93. The van der Waals surface area contributed by atoms with Gasteiger partial charge in [0, 0.05) is 30.4 Å². The molecule has 2 aromatic heterocycles. The first kappa shape index (κ1) is 17.8. The van der Waals surface area contributed by atoms with Crippen molar-refractivity contribution in [3.05, 3.63) is 40.5 Å². The predicted octanol–water partition coefficient (Wildman–Crippen LogP) is 2.51. The second-order valence-electron chi connectivity index (χ2n) is 6.75. The van der Waals surface area contributed by atoms with Gasteiger partial charge in [-0.2, -0.15) is 0 Å². The van der Waals surface area contributed by atoms with Crippen molar-refractivity contribution in [2.45, 2.75) is 38.7 Å². The molecule has 7 nitrogen and oxygen atoms in total. The molecule has 8 heteroatoms. The van der Waals surface area contributed by atoms with E-state index >= 15 is 0 Å². The summed E-state index contributed by atoms with van der Waals surface area (Å²) in [6.45, 7) is 2.23. The topological polar surface area (TPSA) is 80.6 Å². The van der Waals surface area contributed by atoms with Crippen molar-refractivity contribution in [2.24, 2.45) is 0 Å². The average Bonchev–Trinajstić information content (AvgIpc) is 3.39. The summed E-state index contributed by atoms with van der Waals surface area (Å²) >= 11 is 1.61. The maximum Gasteiger partial charge on any atom is 0.342 e. The largest absolute Gasteiger partial charge is 0.449 e. The summed E-state index contributed by atoms with van der Waals surface area (Å²) in [5.41, 5.74) is 1.59. The maximum absolute atomic E-state index is 13.0. The number of hydrogen-bond donors (Lipinski definition) is 1. The zero-order valence-electron chi connectivity index (χ0n) is 15.1. The van der Waals surface area contributed by atoms with Crippen LogP contribution < -0.4 is 5.32 Å². The van der Waals surface area contributed by atoms with Crippen molar-refractivity contribution in [3.63, 3.8) is 0 Å². The third-order valence-corrected chi connectivity index (χ3v) is 6.26. The number of thiophene rings is 1. The van der Waals surface area contributed by atoms with E-state index in [0.29, 0.717) is 18.7 Å². The van der Waals surface area contributed by atoms with Crippen molar-refractivity contribution in [1.29, 1.82) is 0 Å². The highest BCUT2D eigenvalue weighted by Crippen LogP contribution is 2.37. The summed E-state index contributed by atoms with van der Waals surface area (Å²) in [6.07, 6.45) is 6.74. The Bertz CT molecular complexity index is 887. The highest BCUT2D eigenvalue weighted by Gasteiger charge is 2.34. The van der Waals surface area contributed by atoms with E-state index < -0.39 is 24.0 Å². The summed E-state index contributed by atoms with van der Waals surface area (Å²) in [5, 5.41) is 3.41. The highest BCUT2D eigenvalue weighted by molar-refractivity contribution is 7.15. The summed E-state index contributed by atoms with van der Waals surface area (Å²) < 4.78 is 7.42. The van der Waals surface area contributed by atoms with Gasteiger partial charge in [0.25, 0.3) is 5.91 Å². The van der Waals surface area contributed by atoms with Crippen LogP contribution in [0.3, 0.4) is 0 Å². The number of imide groups is 1. The highest BCUT2D eigenvalue weighted by atomic mass is 32.1. The number of rotatable bonds is 4. The molecule has 1 N–H and O–H groups in total. The van der Waals surface area contributed by atoms with E-state index in [1.54, 1.807) is 11.3 Å². The minimum atomic E-state index is -1.02. The molecule has 2 aliphatic rings. The minimum Gasteiger partial charge on any atom is -0.449 e. The normalized spacial score (nSPS) is 17.4. The van der Waals surface area contributed by atoms with Crippen LogP contribution in [0.5, 0.6) is 0 Å². The Morgan fingerprint density at radius 2 is 1.96 bits per heavy atom. The number of hydrogen-bond acceptors (Lipinski definition) is 5. The van der Waals surface area contributed by atoms with Crippen LogP contribution in [0.25, 0.3) is 5.00 Å². The average molecular weight is 387 g/mol. The zero-order valence-corrected chi connectivity index (χ0v) is 15.9. The number of nitrogens with zero attached hydrogens (tertiary/aromatic N) is 2. The molecule has 1 aliphatic heterocycles. The first-order valence-corrected chi connectivity index (χ1v) is 9.96. The summed E-state index contributed by atoms with van der Waals surface area (Å²) in [5.74, 6) is -0.997. The number of nitrogens with one attached hydrogen (secondary N) is 1. The van der Waals surface area contributed by atoms with Gasteiger partial charge in [0.2, 0.25) is 0 Å². The molecule has 0 unspecified atom stereocenters. The van der Waals surface area contributed by atoms with Crippen LogP contribution in [0.1, 0.15) is 40.6 Å². The maximum atomic E-state index is 13.0. The molecule has 27 heavy (non-hydrogen) atoms. The molecule has 2 aromatic rings. The monoisotopic (exact) mass is 387 g/mol. The number of amides is 3. The Hall–Kier alpha value is -2.61. The van der Waals surface area contributed by atoms with Gasteiger partial charge < -0.3 is 14.6 Å². The standard InChI is InChI=1S/C19H21N3O4S/c1-12(16(23)22-11-8-20-19(22)25)26-18(24)15-13-6-2-3-7-14(13)27-17(15)21-9-4-5-10-21/h4-5,9-10,12H,2-3,6-8,11H2,1H3,(H,20,25)/t12-/m0/s1. The molecule has 0 radical (unpaired) electrons. The molecule has 0 aromatic carbocycles. The van der Waals surface area contributed by atoms with Crippen LogP contribution in [0, 0.1) is 0 Å². The van der Waals surface area contributed by atoms with Crippen LogP contribution in [0.2, 0.25) is 0 Å². The van der Waals surface area contributed by atoms with Gasteiger partial charge in [0.05, 0.1) is 5.56 Å². The third-order valence-electron chi connectivity index (χ3n) is 4.95. The number of carbonyl (C=O) groups is 3. The summed E-state index contributed by atoms with van der Waals surface area (Å²) in [4.78, 5) is 39.4. The minimum absolute atomic E-state index is 0.294. The Morgan fingerprint density at radius 1 is 1.22 bits per heavy atom. The van der Waals surface area contributed by atoms with Crippen molar-refractivity contribution in [2.75, 3.05) is 13.1 Å². The van der Waals surface area contributed by atoms with Gasteiger partial charge >= 0.3 is 12.0 Å². The van der Waals surface area contributed by atoms with E-state index in [1.807, 2.05) is 29.1 Å². The molecule has 1 saturated heterocycles. The van der Waals surface area contributed by atoms with E-state index in [4.69, 9.17) is 4.74 Å². The van der Waals surface area contributed by atoms with Gasteiger partial charge in [0.1, 0.15) is 5.00 Å². The first-order chi connectivity index (χ1) is 13.1. The number of aromatic nitrogens is 1. The summed E-state index contributed by atoms with van der Waals surface area (Å²) in [7, 11) is 0. The fourth-order valence-electron chi connectivity index (χ4n) is 3.58.